The van der Waals surface area contributed by atoms with Crippen molar-refractivity contribution in [2.45, 2.75) is 206 Å². The number of unbranched alkanes of at least 4 members (excludes halogenated alkanes) is 25. The van der Waals surface area contributed by atoms with Gasteiger partial charge in [-0.25, -0.2) is 0 Å². The normalized spacial score (nSPS) is 11.4. The summed E-state index contributed by atoms with van der Waals surface area (Å²) in [6, 6.07) is 0. The fourth-order valence-electron chi connectivity index (χ4n) is 5.50. The third kappa shape index (κ3) is 34.9. The summed E-state index contributed by atoms with van der Waals surface area (Å²) in [5, 5.41) is 0. The number of hydrogen-bond donors (Lipinski definition) is 0. The van der Waals surface area contributed by atoms with Gasteiger partial charge in [-0.05, 0) is 51.9 Å². The quantitative estimate of drug-likeness (QED) is 0.0423. The predicted octanol–water partition coefficient (Wildman–Crippen LogP) is 12.4. The van der Waals surface area contributed by atoms with Crippen molar-refractivity contribution in [2.75, 3.05) is 13.2 Å². The van der Waals surface area contributed by atoms with Crippen LogP contribution >= 0.6 is 0 Å². The number of ether oxygens (including phenoxy) is 2. The van der Waals surface area contributed by atoms with Crippen LogP contribution in [-0.2, 0) is 19.1 Å². The van der Waals surface area contributed by atoms with Gasteiger partial charge in [-0.1, -0.05) is 154 Å². The van der Waals surface area contributed by atoms with Crippen LogP contribution in [0.3, 0.4) is 0 Å². The van der Waals surface area contributed by atoms with Gasteiger partial charge in [-0.3, -0.25) is 9.59 Å². The van der Waals surface area contributed by atoms with Gasteiger partial charge in [0.1, 0.15) is 0 Å². The molecule has 0 saturated carbocycles. The molecule has 0 aliphatic carbocycles. The molecular weight excluding hydrogens is 520 g/mol. The van der Waals surface area contributed by atoms with Gasteiger partial charge < -0.3 is 9.47 Å². The molecule has 0 saturated heterocycles. The summed E-state index contributed by atoms with van der Waals surface area (Å²) in [5.74, 6) is -0.0488. The minimum Gasteiger partial charge on any atom is -0.466 e. The van der Waals surface area contributed by atoms with Crippen molar-refractivity contribution < 1.29 is 19.1 Å². The van der Waals surface area contributed by atoms with Crippen LogP contribution in [0.5, 0.6) is 0 Å². The Morgan fingerprint density at radius 2 is 0.738 bits per heavy atom. The van der Waals surface area contributed by atoms with E-state index in [0.29, 0.717) is 26.1 Å². The standard InChI is InChI=1S/C38H72O4/c1-3-5-6-7-8-9-10-11-13-16-20-23-26-29-32-35-38(40)42-36-33-30-27-24-21-18-15-12-14-17-19-22-25-28-31-34-37(39)41-4-2/h12,14H,3-11,13,15-36H2,1-2H3. The average molecular weight is 593 g/mol. The molecule has 0 unspecified atom stereocenters. The van der Waals surface area contributed by atoms with Crippen molar-refractivity contribution in [1.29, 1.82) is 0 Å². The third-order valence-corrected chi connectivity index (χ3v) is 8.24. The first kappa shape index (κ1) is 40.7. The van der Waals surface area contributed by atoms with Crippen molar-refractivity contribution >= 4 is 11.9 Å². The maximum atomic E-state index is 11.9. The Morgan fingerprint density at radius 3 is 1.14 bits per heavy atom. The Labute approximate surface area is 262 Å². The van der Waals surface area contributed by atoms with Crippen molar-refractivity contribution in [3.8, 4) is 0 Å². The number of hydrogen-bond acceptors (Lipinski definition) is 4. The molecule has 4 nitrogen and oxygen atoms in total. The van der Waals surface area contributed by atoms with Crippen LogP contribution in [-0.4, -0.2) is 25.2 Å². The molecule has 0 aliphatic heterocycles. The molecule has 0 radical (unpaired) electrons. The van der Waals surface area contributed by atoms with E-state index in [2.05, 4.69) is 19.1 Å². The van der Waals surface area contributed by atoms with Gasteiger partial charge in [0.05, 0.1) is 13.2 Å². The molecule has 0 aliphatic rings. The largest absolute Gasteiger partial charge is 0.466 e. The topological polar surface area (TPSA) is 52.6 Å². The Hall–Kier alpha value is -1.32. The van der Waals surface area contributed by atoms with Gasteiger partial charge in [-0.2, -0.15) is 0 Å². The Morgan fingerprint density at radius 1 is 0.405 bits per heavy atom. The first-order valence-electron chi connectivity index (χ1n) is 18.7. The number of allylic oxidation sites excluding steroid dienone is 2. The van der Waals surface area contributed by atoms with E-state index >= 15 is 0 Å². The zero-order chi connectivity index (χ0) is 30.6. The molecule has 0 aromatic heterocycles. The SMILES string of the molecule is CCCCCCCCCCCCCCCCCC(=O)OCCCCCCCCC=CCCCCCCCC(=O)OCC. The van der Waals surface area contributed by atoms with Gasteiger partial charge in [0, 0.05) is 12.8 Å². The maximum Gasteiger partial charge on any atom is 0.305 e. The summed E-state index contributed by atoms with van der Waals surface area (Å²) < 4.78 is 10.4. The maximum absolute atomic E-state index is 11.9. The summed E-state index contributed by atoms with van der Waals surface area (Å²) in [4.78, 5) is 23.2. The Balaban J connectivity index is 3.22. The summed E-state index contributed by atoms with van der Waals surface area (Å²) in [5.41, 5.74) is 0. The first-order valence-corrected chi connectivity index (χ1v) is 18.7. The van der Waals surface area contributed by atoms with E-state index in [1.54, 1.807) is 0 Å². The van der Waals surface area contributed by atoms with Crippen LogP contribution in [0.25, 0.3) is 0 Å². The van der Waals surface area contributed by atoms with Crippen LogP contribution in [0.15, 0.2) is 12.2 Å². The molecule has 0 aromatic rings. The van der Waals surface area contributed by atoms with Crippen molar-refractivity contribution in [1.82, 2.24) is 0 Å². The summed E-state index contributed by atoms with van der Waals surface area (Å²) in [7, 11) is 0. The monoisotopic (exact) mass is 593 g/mol. The van der Waals surface area contributed by atoms with E-state index in [1.165, 1.54) is 154 Å². The highest BCUT2D eigenvalue weighted by atomic mass is 16.5. The summed E-state index contributed by atoms with van der Waals surface area (Å²) in [6.07, 6.45) is 41.5. The van der Waals surface area contributed by atoms with Crippen LogP contribution in [0.4, 0.5) is 0 Å². The zero-order valence-corrected chi connectivity index (χ0v) is 28.4. The van der Waals surface area contributed by atoms with Gasteiger partial charge in [0.25, 0.3) is 0 Å². The summed E-state index contributed by atoms with van der Waals surface area (Å²) in [6.45, 7) is 5.23. The molecule has 0 spiro atoms. The molecule has 42 heavy (non-hydrogen) atoms. The fraction of sp³-hybridized carbons (Fsp3) is 0.895. The van der Waals surface area contributed by atoms with Crippen LogP contribution < -0.4 is 0 Å². The number of carbonyl (C=O) groups is 2. The van der Waals surface area contributed by atoms with E-state index in [4.69, 9.17) is 9.47 Å². The molecule has 0 fully saturated rings. The second-order valence-electron chi connectivity index (χ2n) is 12.4. The van der Waals surface area contributed by atoms with Crippen molar-refractivity contribution in [3.63, 3.8) is 0 Å². The molecule has 0 bridgehead atoms. The molecule has 0 heterocycles. The molecule has 0 atom stereocenters. The smallest absolute Gasteiger partial charge is 0.305 e. The van der Waals surface area contributed by atoms with Crippen molar-refractivity contribution in [2.24, 2.45) is 0 Å². The van der Waals surface area contributed by atoms with Gasteiger partial charge in [0.2, 0.25) is 0 Å². The third-order valence-electron chi connectivity index (χ3n) is 8.24. The number of rotatable bonds is 34. The van der Waals surface area contributed by atoms with Crippen LogP contribution in [0.1, 0.15) is 206 Å². The predicted molar refractivity (Wildman–Crippen MR) is 181 cm³/mol. The lowest BCUT2D eigenvalue weighted by molar-refractivity contribution is -0.144. The molecule has 248 valence electrons. The second kappa shape index (κ2) is 35.9. The average Bonchev–Trinajstić information content (AvgIpc) is 2.98. The van der Waals surface area contributed by atoms with E-state index in [0.717, 1.165) is 25.7 Å². The van der Waals surface area contributed by atoms with Gasteiger partial charge in [0.15, 0.2) is 0 Å². The highest BCUT2D eigenvalue weighted by Gasteiger charge is 2.03. The minimum atomic E-state index is -0.0539. The van der Waals surface area contributed by atoms with E-state index in [1.807, 2.05) is 6.92 Å². The lowest BCUT2D eigenvalue weighted by atomic mass is 10.0. The number of carbonyl (C=O) groups excluding carboxylic acids is 2. The second-order valence-corrected chi connectivity index (χ2v) is 12.4. The van der Waals surface area contributed by atoms with Gasteiger partial charge in [-0.15, -0.1) is 0 Å². The van der Waals surface area contributed by atoms with E-state index < -0.39 is 0 Å². The minimum absolute atomic E-state index is 0.00508. The van der Waals surface area contributed by atoms with E-state index in [9.17, 15) is 9.59 Å². The van der Waals surface area contributed by atoms with Crippen molar-refractivity contribution in [3.05, 3.63) is 12.2 Å². The molecule has 0 N–H and O–H groups in total. The lowest BCUT2D eigenvalue weighted by Crippen LogP contribution is -2.05. The highest BCUT2D eigenvalue weighted by molar-refractivity contribution is 5.69. The lowest BCUT2D eigenvalue weighted by Gasteiger charge is -2.05. The highest BCUT2D eigenvalue weighted by Crippen LogP contribution is 2.14. The molecule has 0 aromatic carbocycles. The summed E-state index contributed by atoms with van der Waals surface area (Å²) >= 11 is 0. The van der Waals surface area contributed by atoms with Gasteiger partial charge >= 0.3 is 11.9 Å². The molecule has 4 heteroatoms. The zero-order valence-electron chi connectivity index (χ0n) is 28.4. The molecule has 0 rings (SSSR count). The van der Waals surface area contributed by atoms with E-state index in [-0.39, 0.29) is 11.9 Å². The molecule has 0 amide bonds. The Bertz CT molecular complexity index is 586. The molecular formula is C38H72O4. The Kier molecular flexibility index (Phi) is 34.7. The first-order chi connectivity index (χ1) is 20.7. The fourth-order valence-corrected chi connectivity index (χ4v) is 5.50. The number of esters is 2. The van der Waals surface area contributed by atoms with Crippen LogP contribution in [0.2, 0.25) is 0 Å². The van der Waals surface area contributed by atoms with Crippen LogP contribution in [0, 0.1) is 0 Å².